The third kappa shape index (κ3) is 4.79. The minimum atomic E-state index is -0.740. The van der Waals surface area contributed by atoms with Crippen molar-refractivity contribution in [2.75, 3.05) is 13.2 Å². The number of nitrogens with zero attached hydrogens (tertiary/aromatic N) is 2. The molecular weight excluding hydrogens is 349 g/mol. The molecule has 0 unspecified atom stereocenters. The lowest BCUT2D eigenvalue weighted by Crippen LogP contribution is -2.31. The first-order valence-electron chi connectivity index (χ1n) is 7.74. The molecule has 1 amide bonds. The standard InChI is InChI=1S/C17H19ClFN3O3/c1-10(2)8-20-14(23)9-25-17(24)15-11(3)21-22(16(15)18)13-6-4-12(19)5-7-13/h4-7,10H,8-9H2,1-3H3,(H,20,23). The normalized spacial score (nSPS) is 10.8. The Morgan fingerprint density at radius 2 is 1.96 bits per heavy atom. The highest BCUT2D eigenvalue weighted by atomic mass is 35.5. The van der Waals surface area contributed by atoms with E-state index in [0.717, 1.165) is 0 Å². The Kier molecular flexibility index (Phi) is 6.14. The number of aryl methyl sites for hydroxylation is 1. The summed E-state index contributed by atoms with van der Waals surface area (Å²) >= 11 is 6.22. The molecule has 0 aliphatic heterocycles. The summed E-state index contributed by atoms with van der Waals surface area (Å²) in [7, 11) is 0. The maximum atomic E-state index is 13.0. The minimum Gasteiger partial charge on any atom is -0.452 e. The van der Waals surface area contributed by atoms with Crippen molar-refractivity contribution in [1.82, 2.24) is 15.1 Å². The molecule has 0 bridgehead atoms. The van der Waals surface area contributed by atoms with Crippen molar-refractivity contribution >= 4 is 23.5 Å². The molecule has 1 aromatic carbocycles. The number of halogens is 2. The Morgan fingerprint density at radius 3 is 2.56 bits per heavy atom. The van der Waals surface area contributed by atoms with Crippen LogP contribution in [-0.2, 0) is 9.53 Å². The smallest absolute Gasteiger partial charge is 0.343 e. The van der Waals surface area contributed by atoms with Crippen LogP contribution in [0.1, 0.15) is 29.9 Å². The zero-order chi connectivity index (χ0) is 18.6. The number of esters is 1. The highest BCUT2D eigenvalue weighted by Gasteiger charge is 2.23. The average molecular weight is 368 g/mol. The van der Waals surface area contributed by atoms with Gasteiger partial charge >= 0.3 is 5.97 Å². The fourth-order valence-corrected chi connectivity index (χ4v) is 2.41. The van der Waals surface area contributed by atoms with E-state index in [1.165, 1.54) is 28.9 Å². The van der Waals surface area contributed by atoms with Crippen LogP contribution in [0, 0.1) is 18.7 Å². The Balaban J connectivity index is 2.10. The van der Waals surface area contributed by atoms with Gasteiger partial charge in [-0.25, -0.2) is 13.9 Å². The maximum absolute atomic E-state index is 13.0. The van der Waals surface area contributed by atoms with Crippen molar-refractivity contribution in [2.24, 2.45) is 5.92 Å². The molecule has 6 nitrogen and oxygen atoms in total. The van der Waals surface area contributed by atoms with Gasteiger partial charge in [0.25, 0.3) is 5.91 Å². The summed E-state index contributed by atoms with van der Waals surface area (Å²) in [4.78, 5) is 23.9. The van der Waals surface area contributed by atoms with Gasteiger partial charge in [0.05, 0.1) is 11.4 Å². The van der Waals surface area contributed by atoms with Crippen molar-refractivity contribution in [3.8, 4) is 5.69 Å². The van der Waals surface area contributed by atoms with Gasteiger partial charge in [-0.15, -0.1) is 0 Å². The number of hydrogen-bond donors (Lipinski definition) is 1. The first kappa shape index (κ1) is 18.9. The largest absolute Gasteiger partial charge is 0.452 e. The number of aromatic nitrogens is 2. The molecule has 25 heavy (non-hydrogen) atoms. The summed E-state index contributed by atoms with van der Waals surface area (Å²) < 4.78 is 19.3. The molecule has 0 radical (unpaired) electrons. The van der Waals surface area contributed by atoms with Gasteiger partial charge in [0.1, 0.15) is 16.5 Å². The predicted molar refractivity (Wildman–Crippen MR) is 91.4 cm³/mol. The van der Waals surface area contributed by atoms with Crippen LogP contribution >= 0.6 is 11.6 Å². The number of amides is 1. The Morgan fingerprint density at radius 1 is 1.32 bits per heavy atom. The predicted octanol–water partition coefficient (Wildman–Crippen LogP) is 2.90. The Hall–Kier alpha value is -2.41. The van der Waals surface area contributed by atoms with E-state index < -0.39 is 18.4 Å². The van der Waals surface area contributed by atoms with Crippen LogP contribution in [-0.4, -0.2) is 34.8 Å². The second kappa shape index (κ2) is 8.11. The number of ether oxygens (including phenoxy) is 1. The number of carbonyl (C=O) groups excluding carboxylic acids is 2. The van der Waals surface area contributed by atoms with E-state index in [1.807, 2.05) is 13.8 Å². The van der Waals surface area contributed by atoms with Gasteiger partial charge in [0.2, 0.25) is 0 Å². The first-order chi connectivity index (χ1) is 11.8. The quantitative estimate of drug-likeness (QED) is 0.797. The van der Waals surface area contributed by atoms with E-state index in [9.17, 15) is 14.0 Å². The highest BCUT2D eigenvalue weighted by Crippen LogP contribution is 2.24. The van der Waals surface area contributed by atoms with E-state index in [2.05, 4.69) is 10.4 Å². The maximum Gasteiger partial charge on any atom is 0.343 e. The lowest BCUT2D eigenvalue weighted by atomic mass is 10.2. The lowest BCUT2D eigenvalue weighted by molar-refractivity contribution is -0.124. The first-order valence-corrected chi connectivity index (χ1v) is 8.12. The molecule has 2 rings (SSSR count). The number of benzene rings is 1. The second-order valence-electron chi connectivity index (χ2n) is 5.91. The lowest BCUT2D eigenvalue weighted by Gasteiger charge is -2.08. The van der Waals surface area contributed by atoms with Crippen molar-refractivity contribution in [1.29, 1.82) is 0 Å². The number of hydrogen-bond acceptors (Lipinski definition) is 4. The summed E-state index contributed by atoms with van der Waals surface area (Å²) in [5, 5.41) is 6.87. The van der Waals surface area contributed by atoms with E-state index >= 15 is 0 Å². The summed E-state index contributed by atoms with van der Waals surface area (Å²) in [5.41, 5.74) is 0.924. The number of rotatable bonds is 6. The molecule has 2 aromatic rings. The van der Waals surface area contributed by atoms with Gasteiger partial charge in [0.15, 0.2) is 6.61 Å². The zero-order valence-corrected chi connectivity index (χ0v) is 14.9. The van der Waals surface area contributed by atoms with Crippen molar-refractivity contribution in [3.05, 3.63) is 46.5 Å². The van der Waals surface area contributed by atoms with Crippen LogP contribution in [0.5, 0.6) is 0 Å². The molecule has 0 saturated heterocycles. The summed E-state index contributed by atoms with van der Waals surface area (Å²) in [5.74, 6) is -1.22. The monoisotopic (exact) mass is 367 g/mol. The molecule has 134 valence electrons. The van der Waals surface area contributed by atoms with E-state index in [4.69, 9.17) is 16.3 Å². The molecule has 0 aliphatic rings. The molecule has 1 N–H and O–H groups in total. The van der Waals surface area contributed by atoms with E-state index in [1.54, 1.807) is 6.92 Å². The SMILES string of the molecule is Cc1nn(-c2ccc(F)cc2)c(Cl)c1C(=O)OCC(=O)NCC(C)C. The van der Waals surface area contributed by atoms with Crippen molar-refractivity contribution < 1.29 is 18.7 Å². The average Bonchev–Trinajstić information content (AvgIpc) is 2.86. The number of carbonyl (C=O) groups is 2. The van der Waals surface area contributed by atoms with Gasteiger partial charge in [-0.1, -0.05) is 25.4 Å². The molecule has 0 saturated carbocycles. The van der Waals surface area contributed by atoms with Crippen LogP contribution in [0.3, 0.4) is 0 Å². The third-order valence-corrected chi connectivity index (χ3v) is 3.67. The van der Waals surface area contributed by atoms with Gasteiger partial charge in [-0.05, 0) is 37.1 Å². The molecule has 0 fully saturated rings. The van der Waals surface area contributed by atoms with Gasteiger partial charge in [0, 0.05) is 6.54 Å². The second-order valence-corrected chi connectivity index (χ2v) is 6.27. The van der Waals surface area contributed by atoms with Crippen LogP contribution in [0.15, 0.2) is 24.3 Å². The Bertz CT molecular complexity index is 772. The zero-order valence-electron chi connectivity index (χ0n) is 14.2. The molecule has 0 aliphatic carbocycles. The number of nitrogens with one attached hydrogen (secondary N) is 1. The summed E-state index contributed by atoms with van der Waals surface area (Å²) in [6.07, 6.45) is 0. The highest BCUT2D eigenvalue weighted by molar-refractivity contribution is 6.33. The topological polar surface area (TPSA) is 73.2 Å². The van der Waals surface area contributed by atoms with Gasteiger partial charge in [-0.2, -0.15) is 5.10 Å². The van der Waals surface area contributed by atoms with E-state index in [0.29, 0.717) is 23.8 Å². The van der Waals surface area contributed by atoms with Gasteiger partial charge in [-0.3, -0.25) is 4.79 Å². The molecule has 1 aromatic heterocycles. The summed E-state index contributed by atoms with van der Waals surface area (Å²) in [6.45, 7) is 5.61. The molecular formula is C17H19ClFN3O3. The minimum absolute atomic E-state index is 0.0386. The molecule has 1 heterocycles. The van der Waals surface area contributed by atoms with Crippen molar-refractivity contribution in [3.63, 3.8) is 0 Å². The third-order valence-electron chi connectivity index (χ3n) is 3.32. The molecule has 0 spiro atoms. The molecule has 0 atom stereocenters. The van der Waals surface area contributed by atoms with Crippen LogP contribution < -0.4 is 5.32 Å². The fraction of sp³-hybridized carbons (Fsp3) is 0.353. The van der Waals surface area contributed by atoms with E-state index in [-0.39, 0.29) is 16.6 Å². The van der Waals surface area contributed by atoms with Crippen LogP contribution in [0.2, 0.25) is 5.15 Å². The van der Waals surface area contributed by atoms with Gasteiger partial charge < -0.3 is 10.1 Å². The van der Waals surface area contributed by atoms with Crippen molar-refractivity contribution in [2.45, 2.75) is 20.8 Å². The summed E-state index contributed by atoms with van der Waals surface area (Å²) in [6, 6.07) is 5.50. The van der Waals surface area contributed by atoms with Crippen LogP contribution in [0.4, 0.5) is 4.39 Å². The Labute approximate surface area is 149 Å². The fourth-order valence-electron chi connectivity index (χ4n) is 2.06. The molecule has 8 heteroatoms. The van der Waals surface area contributed by atoms with Crippen LogP contribution in [0.25, 0.3) is 5.69 Å².